The van der Waals surface area contributed by atoms with Gasteiger partial charge in [-0.25, -0.2) is 19.2 Å². The van der Waals surface area contributed by atoms with Gasteiger partial charge in [0.1, 0.15) is 29.0 Å². The lowest BCUT2D eigenvalue weighted by atomic mass is 9.87. The van der Waals surface area contributed by atoms with E-state index in [9.17, 15) is 19.1 Å². The predicted molar refractivity (Wildman–Crippen MR) is 132 cm³/mol. The number of hydrogen-bond acceptors (Lipinski definition) is 7. The van der Waals surface area contributed by atoms with E-state index in [1.165, 1.54) is 24.8 Å². The molecule has 1 amide bonds. The van der Waals surface area contributed by atoms with Gasteiger partial charge in [-0.05, 0) is 89.9 Å². The summed E-state index contributed by atoms with van der Waals surface area (Å²) < 4.78 is 23.8. The van der Waals surface area contributed by atoms with Crippen LogP contribution < -0.4 is 5.32 Å². The van der Waals surface area contributed by atoms with Crippen LogP contribution >= 0.6 is 0 Å². The predicted octanol–water partition coefficient (Wildman–Crippen LogP) is 5.51. The highest BCUT2D eigenvalue weighted by atomic mass is 19.1. The molecule has 192 valence electrons. The molecule has 0 aliphatic heterocycles. The molecule has 1 atom stereocenters. The van der Waals surface area contributed by atoms with E-state index in [1.54, 1.807) is 65.8 Å². The molecule has 1 unspecified atom stereocenters. The first-order chi connectivity index (χ1) is 16.7. The SMILES string of the molecule is CC(C)(C)OC(=O)NC(C)(C)c1cc(-c2ccc(F)cc2)nc(C(C)(O)CCC(=O)c2cocn2)c1. The molecule has 3 rings (SSSR count). The number of alkyl carbamates (subject to hydrolysis) is 1. The fourth-order valence-electron chi connectivity index (χ4n) is 3.53. The van der Waals surface area contributed by atoms with Crippen molar-refractivity contribution in [2.24, 2.45) is 0 Å². The van der Waals surface area contributed by atoms with Crippen molar-refractivity contribution in [1.29, 1.82) is 0 Å². The van der Waals surface area contributed by atoms with Crippen LogP contribution in [0.3, 0.4) is 0 Å². The topological polar surface area (TPSA) is 115 Å². The maximum absolute atomic E-state index is 13.5. The van der Waals surface area contributed by atoms with Gasteiger partial charge < -0.3 is 19.6 Å². The lowest BCUT2D eigenvalue weighted by Gasteiger charge is -2.31. The largest absolute Gasteiger partial charge is 0.451 e. The van der Waals surface area contributed by atoms with Crippen molar-refractivity contribution in [3.8, 4) is 11.3 Å². The second-order valence-electron chi connectivity index (χ2n) is 10.5. The number of nitrogens with zero attached hydrogens (tertiary/aromatic N) is 2. The van der Waals surface area contributed by atoms with Crippen molar-refractivity contribution >= 4 is 11.9 Å². The summed E-state index contributed by atoms with van der Waals surface area (Å²) in [5.41, 5.74) is -0.864. The summed E-state index contributed by atoms with van der Waals surface area (Å²) >= 11 is 0. The van der Waals surface area contributed by atoms with E-state index in [1.807, 2.05) is 0 Å². The molecule has 2 N–H and O–H groups in total. The molecule has 0 radical (unpaired) electrons. The van der Waals surface area contributed by atoms with E-state index in [0.29, 0.717) is 22.5 Å². The van der Waals surface area contributed by atoms with Crippen LogP contribution in [0.15, 0.2) is 53.5 Å². The van der Waals surface area contributed by atoms with Crippen LogP contribution in [0, 0.1) is 5.82 Å². The molecule has 1 aromatic carbocycles. The number of benzene rings is 1. The van der Waals surface area contributed by atoms with Gasteiger partial charge in [0.2, 0.25) is 0 Å². The molecule has 3 aromatic rings. The third-order valence-electron chi connectivity index (χ3n) is 5.61. The average Bonchev–Trinajstić information content (AvgIpc) is 3.31. The summed E-state index contributed by atoms with van der Waals surface area (Å²) in [6.07, 6.45) is 1.91. The van der Waals surface area contributed by atoms with Gasteiger partial charge in [-0.3, -0.25) is 4.79 Å². The van der Waals surface area contributed by atoms with Crippen LogP contribution in [0.1, 0.15) is 76.1 Å². The maximum Gasteiger partial charge on any atom is 0.408 e. The van der Waals surface area contributed by atoms with Gasteiger partial charge in [0.05, 0.1) is 16.9 Å². The summed E-state index contributed by atoms with van der Waals surface area (Å²) in [6, 6.07) is 9.27. The molecular formula is C27H32FN3O5. The maximum atomic E-state index is 13.5. The highest BCUT2D eigenvalue weighted by Crippen LogP contribution is 2.33. The Bertz CT molecular complexity index is 1210. The Kier molecular flexibility index (Phi) is 7.64. The van der Waals surface area contributed by atoms with Gasteiger partial charge in [0.25, 0.3) is 0 Å². The summed E-state index contributed by atoms with van der Waals surface area (Å²) in [5.74, 6) is -0.661. The van der Waals surface area contributed by atoms with E-state index in [2.05, 4.69) is 15.3 Å². The molecule has 8 nitrogen and oxygen atoms in total. The molecule has 0 fully saturated rings. The van der Waals surface area contributed by atoms with Gasteiger partial charge in [-0.2, -0.15) is 0 Å². The highest BCUT2D eigenvalue weighted by Gasteiger charge is 2.32. The Morgan fingerprint density at radius 2 is 1.75 bits per heavy atom. The van der Waals surface area contributed by atoms with E-state index < -0.39 is 22.8 Å². The molecule has 9 heteroatoms. The molecular weight excluding hydrogens is 465 g/mol. The Morgan fingerprint density at radius 1 is 1.08 bits per heavy atom. The number of rotatable bonds is 8. The minimum atomic E-state index is -1.49. The molecule has 36 heavy (non-hydrogen) atoms. The molecule has 0 spiro atoms. The molecule has 0 bridgehead atoms. The van der Waals surface area contributed by atoms with Crippen LogP contribution in [0.25, 0.3) is 11.3 Å². The molecule has 0 aliphatic rings. The van der Waals surface area contributed by atoms with Crippen LogP contribution in [-0.4, -0.2) is 32.6 Å². The fourth-order valence-corrected chi connectivity index (χ4v) is 3.53. The summed E-state index contributed by atoms with van der Waals surface area (Å²) in [6.45, 7) is 10.5. The average molecular weight is 498 g/mol. The lowest BCUT2D eigenvalue weighted by molar-refractivity contribution is 0.0394. The Hall–Kier alpha value is -3.59. The molecule has 2 aromatic heterocycles. The number of ketones is 1. The number of ether oxygens (including phenoxy) is 1. The molecule has 0 aliphatic carbocycles. The Labute approximate surface area is 209 Å². The normalized spacial score (nSPS) is 13.7. The first-order valence-electron chi connectivity index (χ1n) is 11.6. The smallest absolute Gasteiger partial charge is 0.408 e. The third-order valence-corrected chi connectivity index (χ3v) is 5.61. The van der Waals surface area contributed by atoms with Gasteiger partial charge in [-0.15, -0.1) is 0 Å². The number of aliphatic hydroxyl groups is 1. The lowest BCUT2D eigenvalue weighted by Crippen LogP contribution is -2.44. The fraction of sp³-hybridized carbons (Fsp3) is 0.407. The van der Waals surface area contributed by atoms with Crippen LogP contribution in [-0.2, 0) is 15.9 Å². The van der Waals surface area contributed by atoms with Gasteiger partial charge in [0.15, 0.2) is 12.2 Å². The third kappa shape index (κ3) is 6.97. The van der Waals surface area contributed by atoms with E-state index in [4.69, 9.17) is 9.15 Å². The van der Waals surface area contributed by atoms with Gasteiger partial charge in [-0.1, -0.05) is 0 Å². The minimum Gasteiger partial charge on any atom is -0.451 e. The standard InChI is InChI=1S/C27H32FN3O5/c1-25(2,3)36-24(33)31-26(4,5)18-13-20(17-7-9-19(28)10-8-17)30-23(14-18)27(6,34)12-11-22(32)21-15-35-16-29-21/h7-10,13-16,34H,11-12H2,1-6H3,(H,31,33). The van der Waals surface area contributed by atoms with Crippen molar-refractivity contribution in [1.82, 2.24) is 15.3 Å². The van der Waals surface area contributed by atoms with Gasteiger partial charge in [0, 0.05) is 12.0 Å². The second-order valence-corrected chi connectivity index (χ2v) is 10.5. The first kappa shape index (κ1) is 27.0. The van der Waals surface area contributed by atoms with Crippen molar-refractivity contribution in [2.45, 2.75) is 71.1 Å². The van der Waals surface area contributed by atoms with Crippen LogP contribution in [0.4, 0.5) is 9.18 Å². The number of amides is 1. The zero-order valence-corrected chi connectivity index (χ0v) is 21.4. The second kappa shape index (κ2) is 10.2. The zero-order chi connectivity index (χ0) is 26.7. The summed E-state index contributed by atoms with van der Waals surface area (Å²) in [5, 5.41) is 14.2. The monoisotopic (exact) mass is 497 g/mol. The molecule has 2 heterocycles. The van der Waals surface area contributed by atoms with Crippen LogP contribution in [0.2, 0.25) is 0 Å². The number of carbonyl (C=O) groups is 2. The number of hydrogen-bond donors (Lipinski definition) is 2. The number of Topliss-reactive ketones (excluding diaryl/α,β-unsaturated/α-hetero) is 1. The van der Waals surface area contributed by atoms with E-state index in [-0.39, 0.29) is 30.1 Å². The Balaban J connectivity index is 1.97. The Morgan fingerprint density at radius 3 is 2.33 bits per heavy atom. The van der Waals surface area contributed by atoms with Crippen molar-refractivity contribution in [3.63, 3.8) is 0 Å². The van der Waals surface area contributed by atoms with Crippen LogP contribution in [0.5, 0.6) is 0 Å². The van der Waals surface area contributed by atoms with Crippen molar-refractivity contribution < 1.29 is 28.2 Å². The zero-order valence-electron chi connectivity index (χ0n) is 21.4. The van der Waals surface area contributed by atoms with Crippen molar-refractivity contribution in [3.05, 3.63) is 71.8 Å². The van der Waals surface area contributed by atoms with Gasteiger partial charge >= 0.3 is 6.09 Å². The molecule has 0 saturated heterocycles. The number of oxazole rings is 1. The summed E-state index contributed by atoms with van der Waals surface area (Å²) in [7, 11) is 0. The minimum absolute atomic E-state index is 0.0108. The van der Waals surface area contributed by atoms with E-state index in [0.717, 1.165) is 0 Å². The van der Waals surface area contributed by atoms with Crippen molar-refractivity contribution in [2.75, 3.05) is 0 Å². The number of nitrogens with one attached hydrogen (secondary N) is 1. The first-order valence-corrected chi connectivity index (χ1v) is 11.6. The number of carbonyl (C=O) groups excluding carboxylic acids is 2. The quantitative estimate of drug-likeness (QED) is 0.395. The highest BCUT2D eigenvalue weighted by molar-refractivity contribution is 5.93. The number of aromatic nitrogens is 2. The number of halogens is 1. The van der Waals surface area contributed by atoms with E-state index >= 15 is 0 Å². The number of pyridine rings is 1. The summed E-state index contributed by atoms with van der Waals surface area (Å²) in [4.78, 5) is 33.4. The molecule has 0 saturated carbocycles.